The van der Waals surface area contributed by atoms with Crippen molar-refractivity contribution in [3.63, 3.8) is 0 Å². The van der Waals surface area contributed by atoms with E-state index in [0.717, 1.165) is 11.5 Å². The molecule has 0 spiro atoms. The van der Waals surface area contributed by atoms with Gasteiger partial charge in [-0.05, 0) is 38.8 Å². The van der Waals surface area contributed by atoms with E-state index in [0.29, 0.717) is 45.0 Å². The molecular formula is C19H27ClN4O3. The number of nitrogens with zero attached hydrogens (tertiary/aromatic N) is 4. The normalized spacial score (nSPS) is 21.0. The van der Waals surface area contributed by atoms with E-state index in [1.165, 1.54) is 0 Å². The van der Waals surface area contributed by atoms with Crippen molar-refractivity contribution in [1.29, 1.82) is 0 Å². The number of amides is 2. The Morgan fingerprint density at radius 3 is 2.59 bits per heavy atom. The van der Waals surface area contributed by atoms with E-state index in [9.17, 15) is 9.59 Å². The number of carbonyl (C=O) groups excluding carboxylic acids is 2. The number of halogens is 1. The maximum atomic E-state index is 12.4. The summed E-state index contributed by atoms with van der Waals surface area (Å²) >= 11 is 5.95. The highest BCUT2D eigenvalue weighted by Gasteiger charge is 2.33. The van der Waals surface area contributed by atoms with Gasteiger partial charge in [0.25, 0.3) is 0 Å². The van der Waals surface area contributed by atoms with E-state index in [4.69, 9.17) is 16.3 Å². The SMILES string of the molecule is CC(C)(C)OC(=O)N1CCN(c2ncccc2N2CC(CCl)CC2=O)CC1. The molecule has 3 rings (SSSR count). The van der Waals surface area contributed by atoms with Gasteiger partial charge in [-0.1, -0.05) is 0 Å². The molecule has 0 aromatic carbocycles. The quantitative estimate of drug-likeness (QED) is 0.737. The summed E-state index contributed by atoms with van der Waals surface area (Å²) in [6.45, 7) is 8.62. The number of hydrogen-bond acceptors (Lipinski definition) is 5. The van der Waals surface area contributed by atoms with Gasteiger partial charge in [0.15, 0.2) is 5.82 Å². The smallest absolute Gasteiger partial charge is 0.410 e. The van der Waals surface area contributed by atoms with Crippen molar-refractivity contribution in [2.45, 2.75) is 32.8 Å². The Kier molecular flexibility index (Phi) is 5.79. The molecule has 27 heavy (non-hydrogen) atoms. The fraction of sp³-hybridized carbons (Fsp3) is 0.632. The van der Waals surface area contributed by atoms with Gasteiger partial charge >= 0.3 is 6.09 Å². The van der Waals surface area contributed by atoms with Crippen molar-refractivity contribution in [2.24, 2.45) is 5.92 Å². The van der Waals surface area contributed by atoms with E-state index in [1.807, 2.05) is 32.9 Å². The van der Waals surface area contributed by atoms with Crippen molar-refractivity contribution in [1.82, 2.24) is 9.88 Å². The van der Waals surface area contributed by atoms with Gasteiger partial charge in [0, 0.05) is 51.2 Å². The Bertz CT molecular complexity index is 698. The summed E-state index contributed by atoms with van der Waals surface area (Å²) in [5, 5.41) is 0. The van der Waals surface area contributed by atoms with Crippen molar-refractivity contribution >= 4 is 35.1 Å². The van der Waals surface area contributed by atoms with Gasteiger partial charge in [0.2, 0.25) is 5.91 Å². The number of piperazine rings is 1. The predicted molar refractivity (Wildman–Crippen MR) is 105 cm³/mol. The predicted octanol–water partition coefficient (Wildman–Crippen LogP) is 2.73. The second-order valence-electron chi connectivity index (χ2n) is 8.03. The maximum Gasteiger partial charge on any atom is 0.410 e. The van der Waals surface area contributed by atoms with Crippen molar-refractivity contribution < 1.29 is 14.3 Å². The van der Waals surface area contributed by atoms with Crippen LogP contribution in [-0.2, 0) is 9.53 Å². The Morgan fingerprint density at radius 2 is 2.00 bits per heavy atom. The lowest BCUT2D eigenvalue weighted by molar-refractivity contribution is -0.117. The zero-order valence-electron chi connectivity index (χ0n) is 16.2. The first-order valence-corrected chi connectivity index (χ1v) is 9.86. The summed E-state index contributed by atoms with van der Waals surface area (Å²) in [7, 11) is 0. The summed E-state index contributed by atoms with van der Waals surface area (Å²) in [6, 6.07) is 3.77. The zero-order chi connectivity index (χ0) is 19.6. The molecule has 8 heteroatoms. The summed E-state index contributed by atoms with van der Waals surface area (Å²) in [5.41, 5.74) is 0.318. The summed E-state index contributed by atoms with van der Waals surface area (Å²) in [5.74, 6) is 1.52. The summed E-state index contributed by atoms with van der Waals surface area (Å²) in [6.07, 6.45) is 1.92. The fourth-order valence-corrected chi connectivity index (χ4v) is 3.59. The number of alkyl halides is 1. The van der Waals surface area contributed by atoms with Gasteiger partial charge in [-0.2, -0.15) is 0 Å². The van der Waals surface area contributed by atoms with Gasteiger partial charge in [-0.3, -0.25) is 4.79 Å². The second-order valence-corrected chi connectivity index (χ2v) is 8.34. The van der Waals surface area contributed by atoms with Crippen LogP contribution in [0.3, 0.4) is 0 Å². The molecule has 1 aromatic heterocycles. The van der Waals surface area contributed by atoms with Gasteiger partial charge in [-0.25, -0.2) is 9.78 Å². The number of pyridine rings is 1. The van der Waals surface area contributed by atoms with Gasteiger partial charge in [0.05, 0.1) is 5.69 Å². The van der Waals surface area contributed by atoms with Crippen molar-refractivity contribution in [3.8, 4) is 0 Å². The molecule has 2 aliphatic heterocycles. The molecule has 0 bridgehead atoms. The number of ether oxygens (including phenoxy) is 1. The summed E-state index contributed by atoms with van der Waals surface area (Å²) < 4.78 is 5.45. The molecule has 0 N–H and O–H groups in total. The average Bonchev–Trinajstić information content (AvgIpc) is 3.01. The minimum Gasteiger partial charge on any atom is -0.444 e. The highest BCUT2D eigenvalue weighted by atomic mass is 35.5. The molecule has 1 aromatic rings. The highest BCUT2D eigenvalue weighted by Crippen LogP contribution is 2.33. The lowest BCUT2D eigenvalue weighted by Crippen LogP contribution is -2.50. The van der Waals surface area contributed by atoms with E-state index < -0.39 is 5.60 Å². The number of rotatable bonds is 3. The van der Waals surface area contributed by atoms with Crippen LogP contribution in [0.4, 0.5) is 16.3 Å². The zero-order valence-corrected chi connectivity index (χ0v) is 16.9. The van der Waals surface area contributed by atoms with Crippen molar-refractivity contribution in [3.05, 3.63) is 18.3 Å². The minimum absolute atomic E-state index is 0.0855. The van der Waals surface area contributed by atoms with E-state index in [1.54, 1.807) is 16.0 Å². The fourth-order valence-electron chi connectivity index (χ4n) is 3.39. The average molecular weight is 395 g/mol. The lowest BCUT2D eigenvalue weighted by atomic mass is 10.1. The van der Waals surface area contributed by atoms with Gasteiger partial charge < -0.3 is 19.4 Å². The lowest BCUT2D eigenvalue weighted by Gasteiger charge is -2.37. The van der Waals surface area contributed by atoms with Crippen LogP contribution in [0.25, 0.3) is 0 Å². The first-order valence-electron chi connectivity index (χ1n) is 9.32. The molecule has 0 aliphatic carbocycles. The van der Waals surface area contributed by atoms with E-state index in [-0.39, 0.29) is 17.9 Å². The number of anilines is 2. The number of hydrogen-bond donors (Lipinski definition) is 0. The minimum atomic E-state index is -0.503. The first kappa shape index (κ1) is 19.7. The standard InChI is InChI=1S/C19H27ClN4O3/c1-19(2,3)27-18(26)23-9-7-22(8-10-23)17-15(5-4-6-21-17)24-13-14(12-20)11-16(24)25/h4-6,14H,7-13H2,1-3H3. The molecule has 1 atom stereocenters. The molecule has 2 aliphatic rings. The molecule has 2 amide bonds. The number of carbonyl (C=O) groups is 2. The van der Waals surface area contributed by atoms with Crippen molar-refractivity contribution in [2.75, 3.05) is 48.4 Å². The molecule has 1 unspecified atom stereocenters. The van der Waals surface area contributed by atoms with Crippen LogP contribution >= 0.6 is 11.6 Å². The van der Waals surface area contributed by atoms with Crippen LogP contribution in [0.5, 0.6) is 0 Å². The maximum absolute atomic E-state index is 12.4. The second kappa shape index (κ2) is 7.92. The van der Waals surface area contributed by atoms with E-state index >= 15 is 0 Å². The Hall–Kier alpha value is -2.02. The number of aromatic nitrogens is 1. The molecule has 0 saturated carbocycles. The molecule has 0 radical (unpaired) electrons. The van der Waals surface area contributed by atoms with E-state index in [2.05, 4.69) is 9.88 Å². The van der Waals surface area contributed by atoms with Crippen LogP contribution < -0.4 is 9.80 Å². The van der Waals surface area contributed by atoms with Crippen LogP contribution in [0.1, 0.15) is 27.2 Å². The third kappa shape index (κ3) is 4.64. The molecular weight excluding hydrogens is 368 g/mol. The third-order valence-corrected chi connectivity index (χ3v) is 5.15. The molecule has 7 nitrogen and oxygen atoms in total. The van der Waals surface area contributed by atoms with Crippen LogP contribution in [-0.4, -0.2) is 66.1 Å². The first-order chi connectivity index (χ1) is 12.8. The Balaban J connectivity index is 1.69. The monoisotopic (exact) mass is 394 g/mol. The Morgan fingerprint density at radius 1 is 1.30 bits per heavy atom. The van der Waals surface area contributed by atoms with Gasteiger partial charge in [-0.15, -0.1) is 11.6 Å². The topological polar surface area (TPSA) is 66.0 Å². The Labute approximate surface area is 165 Å². The molecule has 3 heterocycles. The summed E-state index contributed by atoms with van der Waals surface area (Å²) in [4.78, 5) is 34.8. The molecule has 148 valence electrons. The highest BCUT2D eigenvalue weighted by molar-refractivity contribution is 6.18. The molecule has 2 fully saturated rings. The molecule has 2 saturated heterocycles. The van der Waals surface area contributed by atoms with Crippen LogP contribution in [0, 0.1) is 5.92 Å². The van der Waals surface area contributed by atoms with Crippen LogP contribution in [0.2, 0.25) is 0 Å². The third-order valence-electron chi connectivity index (χ3n) is 4.71. The van der Waals surface area contributed by atoms with Crippen LogP contribution in [0.15, 0.2) is 18.3 Å². The van der Waals surface area contributed by atoms with Gasteiger partial charge in [0.1, 0.15) is 5.60 Å². The largest absolute Gasteiger partial charge is 0.444 e.